The van der Waals surface area contributed by atoms with Gasteiger partial charge in [-0.1, -0.05) is 74.6 Å². The second-order valence-corrected chi connectivity index (χ2v) is 11.1. The number of hydrogen-bond acceptors (Lipinski definition) is 0. The average molecular weight is 422 g/mol. The van der Waals surface area contributed by atoms with Gasteiger partial charge in [-0.3, -0.25) is 0 Å². The van der Waals surface area contributed by atoms with E-state index >= 15 is 0 Å². The van der Waals surface area contributed by atoms with Gasteiger partial charge in [-0.2, -0.15) is 0 Å². The molecule has 0 amide bonds. The van der Waals surface area contributed by atoms with Gasteiger partial charge < -0.3 is 0 Å². The van der Waals surface area contributed by atoms with E-state index in [0.29, 0.717) is 16.2 Å². The van der Waals surface area contributed by atoms with Gasteiger partial charge >= 0.3 is 0 Å². The first-order chi connectivity index (χ1) is 10.8. The molecule has 0 aromatic heterocycles. The van der Waals surface area contributed by atoms with Crippen molar-refractivity contribution in [1.82, 2.24) is 0 Å². The molecule has 0 nitrogen and oxygen atoms in total. The smallest absolute Gasteiger partial charge is 0.0164 e. The summed E-state index contributed by atoms with van der Waals surface area (Å²) in [6.45, 7) is 10.4. The highest BCUT2D eigenvalue weighted by Gasteiger charge is 2.61. The lowest BCUT2D eigenvalue weighted by Gasteiger charge is -2.65. The molecule has 23 heavy (non-hydrogen) atoms. The van der Waals surface area contributed by atoms with Crippen molar-refractivity contribution in [1.29, 1.82) is 0 Å². The molecule has 0 unspecified atom stereocenters. The van der Waals surface area contributed by atoms with Crippen LogP contribution in [0.15, 0.2) is 24.3 Å². The van der Waals surface area contributed by atoms with E-state index in [1.54, 1.807) is 11.1 Å². The highest BCUT2D eigenvalue weighted by molar-refractivity contribution is 14.1. The summed E-state index contributed by atoms with van der Waals surface area (Å²) in [5.74, 6) is 1.76. The van der Waals surface area contributed by atoms with Crippen LogP contribution in [0.1, 0.15) is 70.9 Å². The van der Waals surface area contributed by atoms with Crippen molar-refractivity contribution >= 4 is 22.6 Å². The summed E-state index contributed by atoms with van der Waals surface area (Å²) in [6, 6.07) is 9.34. The maximum Gasteiger partial charge on any atom is 0.0164 e. The third-order valence-electron chi connectivity index (χ3n) is 8.29. The SMILES string of the molecule is CC1(C)[C@@H](I)CC[C@]2(C)[C@H]3CCc4ccccc4[C@]3(C)CC[C@@H]12. The molecule has 0 spiro atoms. The molecule has 4 rings (SSSR count). The minimum Gasteiger partial charge on any atom is -0.0820 e. The fourth-order valence-corrected chi connectivity index (χ4v) is 7.83. The summed E-state index contributed by atoms with van der Waals surface area (Å²) in [6.07, 6.45) is 8.37. The van der Waals surface area contributed by atoms with Crippen molar-refractivity contribution in [3.63, 3.8) is 0 Å². The second-order valence-electron chi connectivity index (χ2n) is 9.59. The lowest BCUT2D eigenvalue weighted by molar-refractivity contribution is -0.105. The van der Waals surface area contributed by atoms with Crippen molar-refractivity contribution in [3.05, 3.63) is 35.4 Å². The molecule has 3 aliphatic carbocycles. The Bertz CT molecular complexity index is 618. The van der Waals surface area contributed by atoms with Crippen molar-refractivity contribution in [2.75, 3.05) is 0 Å². The van der Waals surface area contributed by atoms with Crippen LogP contribution >= 0.6 is 22.6 Å². The van der Waals surface area contributed by atoms with Crippen molar-refractivity contribution < 1.29 is 0 Å². The average Bonchev–Trinajstić information content (AvgIpc) is 2.51. The first kappa shape index (κ1) is 16.4. The van der Waals surface area contributed by atoms with Crippen molar-refractivity contribution in [2.45, 2.75) is 75.6 Å². The van der Waals surface area contributed by atoms with E-state index in [1.165, 1.54) is 38.5 Å². The Morgan fingerprint density at radius 3 is 2.43 bits per heavy atom. The Hall–Kier alpha value is -0.0500. The van der Waals surface area contributed by atoms with Gasteiger partial charge in [-0.15, -0.1) is 0 Å². The highest BCUT2D eigenvalue weighted by atomic mass is 127. The van der Waals surface area contributed by atoms with E-state index in [1.807, 2.05) is 0 Å². The van der Waals surface area contributed by atoms with Crippen LogP contribution in [0, 0.1) is 22.7 Å². The molecule has 0 aliphatic heterocycles. The number of hydrogen-bond donors (Lipinski definition) is 0. The topological polar surface area (TPSA) is 0 Å². The van der Waals surface area contributed by atoms with E-state index in [4.69, 9.17) is 0 Å². The van der Waals surface area contributed by atoms with E-state index in [0.717, 1.165) is 15.8 Å². The number of rotatable bonds is 0. The fraction of sp³-hybridized carbons (Fsp3) is 0.727. The van der Waals surface area contributed by atoms with Gasteiger partial charge in [-0.05, 0) is 77.7 Å². The third kappa shape index (κ3) is 2.14. The first-order valence-electron chi connectivity index (χ1n) is 9.52. The van der Waals surface area contributed by atoms with E-state index in [9.17, 15) is 0 Å². The molecule has 0 radical (unpaired) electrons. The number of alkyl halides is 1. The zero-order chi connectivity index (χ0) is 16.5. The molecule has 0 saturated heterocycles. The van der Waals surface area contributed by atoms with Gasteiger partial charge in [-0.25, -0.2) is 0 Å². The Morgan fingerprint density at radius 1 is 0.913 bits per heavy atom. The monoisotopic (exact) mass is 422 g/mol. The number of benzene rings is 1. The number of halogens is 1. The van der Waals surface area contributed by atoms with Crippen molar-refractivity contribution in [2.24, 2.45) is 22.7 Å². The van der Waals surface area contributed by atoms with Crippen LogP contribution in [-0.4, -0.2) is 3.92 Å². The predicted molar refractivity (Wildman–Crippen MR) is 107 cm³/mol. The van der Waals surface area contributed by atoms with Crippen LogP contribution in [0.2, 0.25) is 0 Å². The van der Waals surface area contributed by atoms with Gasteiger partial charge in [0.1, 0.15) is 0 Å². The van der Waals surface area contributed by atoms with Crippen LogP contribution < -0.4 is 0 Å². The Balaban J connectivity index is 1.80. The van der Waals surface area contributed by atoms with Gasteiger partial charge in [0.2, 0.25) is 0 Å². The molecule has 2 saturated carbocycles. The third-order valence-corrected chi connectivity index (χ3v) is 10.5. The van der Waals surface area contributed by atoms with Gasteiger partial charge in [0, 0.05) is 3.92 Å². The Labute approximate surface area is 156 Å². The predicted octanol–water partition coefficient (Wildman–Crippen LogP) is 6.55. The Kier molecular flexibility index (Phi) is 3.73. The standard InChI is InChI=1S/C22H31I/c1-20(2)17-11-13-21(3)16-8-6-5-7-15(16)9-10-18(21)22(17,4)14-12-19(20)23/h5-8,17-19H,9-14H2,1-4H3/t17-,18-,19-,21-,22-/m0/s1. The zero-order valence-electron chi connectivity index (χ0n) is 15.2. The zero-order valence-corrected chi connectivity index (χ0v) is 17.3. The van der Waals surface area contributed by atoms with E-state index < -0.39 is 0 Å². The highest BCUT2D eigenvalue weighted by Crippen LogP contribution is 2.67. The van der Waals surface area contributed by atoms with Gasteiger partial charge in [0.25, 0.3) is 0 Å². The summed E-state index contributed by atoms with van der Waals surface area (Å²) in [7, 11) is 0. The maximum absolute atomic E-state index is 2.75. The maximum atomic E-state index is 2.75. The minimum atomic E-state index is 0.411. The molecule has 0 heterocycles. The molecule has 1 aromatic carbocycles. The van der Waals surface area contributed by atoms with Gasteiger partial charge in [0.05, 0.1) is 0 Å². The van der Waals surface area contributed by atoms with E-state index in [2.05, 4.69) is 74.6 Å². The number of aryl methyl sites for hydroxylation is 1. The van der Waals surface area contributed by atoms with E-state index in [-0.39, 0.29) is 0 Å². The molecule has 3 aliphatic rings. The lowest BCUT2D eigenvalue weighted by atomic mass is 9.40. The largest absolute Gasteiger partial charge is 0.0820 e. The molecule has 1 heteroatoms. The van der Waals surface area contributed by atoms with Gasteiger partial charge in [0.15, 0.2) is 0 Å². The summed E-state index contributed by atoms with van der Waals surface area (Å²) in [5.41, 5.74) is 4.76. The normalized spacial score (nSPS) is 44.8. The van der Waals surface area contributed by atoms with Crippen LogP contribution in [-0.2, 0) is 11.8 Å². The fourth-order valence-electron chi connectivity index (χ4n) is 7.08. The first-order valence-corrected chi connectivity index (χ1v) is 10.8. The minimum absolute atomic E-state index is 0.411. The lowest BCUT2D eigenvalue weighted by Crippen LogP contribution is -2.59. The van der Waals surface area contributed by atoms with Crippen LogP contribution in [0.25, 0.3) is 0 Å². The molecular formula is C22H31I. The summed E-state index contributed by atoms with van der Waals surface area (Å²) < 4.78 is 0.846. The molecule has 2 fully saturated rings. The quantitative estimate of drug-likeness (QED) is 0.329. The number of fused-ring (bicyclic) bond motifs is 5. The van der Waals surface area contributed by atoms with Crippen LogP contribution in [0.3, 0.4) is 0 Å². The molecule has 0 bridgehead atoms. The Morgan fingerprint density at radius 2 is 1.65 bits per heavy atom. The van der Waals surface area contributed by atoms with Crippen molar-refractivity contribution in [3.8, 4) is 0 Å². The summed E-state index contributed by atoms with van der Waals surface area (Å²) in [4.78, 5) is 0. The molecular weight excluding hydrogens is 391 g/mol. The summed E-state index contributed by atoms with van der Waals surface area (Å²) in [5, 5.41) is 0. The molecule has 0 N–H and O–H groups in total. The molecule has 1 aromatic rings. The van der Waals surface area contributed by atoms with Crippen LogP contribution in [0.4, 0.5) is 0 Å². The molecule has 126 valence electrons. The summed E-state index contributed by atoms with van der Waals surface area (Å²) >= 11 is 2.75. The molecule has 5 atom stereocenters. The second kappa shape index (κ2) is 5.22. The van der Waals surface area contributed by atoms with Crippen LogP contribution in [0.5, 0.6) is 0 Å².